The summed E-state index contributed by atoms with van der Waals surface area (Å²) in [5.74, 6) is 0.572. The lowest BCUT2D eigenvalue weighted by molar-refractivity contribution is 0.0920. The Hall–Kier alpha value is -3.83. The van der Waals surface area contributed by atoms with Crippen LogP contribution in [0.3, 0.4) is 0 Å². The molecule has 0 fully saturated rings. The molecule has 2 N–H and O–H groups in total. The maximum atomic E-state index is 12.4. The second-order valence-corrected chi connectivity index (χ2v) is 7.28. The number of benzene rings is 1. The lowest BCUT2D eigenvalue weighted by Gasteiger charge is -2.10. The summed E-state index contributed by atoms with van der Waals surface area (Å²) in [7, 11) is 0. The van der Waals surface area contributed by atoms with Crippen molar-refractivity contribution in [3.63, 3.8) is 0 Å². The standard InChI is InChI=1S/C21H14ClN5O3/c1-10-9-24-18-17-12-3-7-15(30-16-6-2-11(8-23)20(22)27-16)26-13(12)4-5-14(17)29-19(18)21(28)25-10/h2-7,10,24H,9H2,1H3,(H,25,28)/t10-/m1/s1. The average Bonchev–Trinajstić information content (AvgIpc) is 3.05. The van der Waals surface area contributed by atoms with Crippen molar-refractivity contribution in [1.29, 1.82) is 5.26 Å². The molecular formula is C21H14ClN5O3. The van der Waals surface area contributed by atoms with Crippen molar-refractivity contribution in [2.75, 3.05) is 11.9 Å². The van der Waals surface area contributed by atoms with Crippen molar-refractivity contribution in [2.24, 2.45) is 0 Å². The van der Waals surface area contributed by atoms with Crippen molar-refractivity contribution in [3.8, 4) is 17.8 Å². The molecule has 1 aliphatic heterocycles. The van der Waals surface area contributed by atoms with Gasteiger partial charge in [0, 0.05) is 30.1 Å². The molecular weight excluding hydrogens is 406 g/mol. The Morgan fingerprint density at radius 2 is 2.00 bits per heavy atom. The van der Waals surface area contributed by atoms with Crippen LogP contribution in [0.1, 0.15) is 23.0 Å². The second-order valence-electron chi connectivity index (χ2n) is 6.92. The van der Waals surface area contributed by atoms with Gasteiger partial charge in [0.2, 0.25) is 17.5 Å². The molecule has 9 heteroatoms. The summed E-state index contributed by atoms with van der Waals surface area (Å²) >= 11 is 5.96. The Balaban J connectivity index is 1.57. The maximum Gasteiger partial charge on any atom is 0.289 e. The first-order valence-electron chi connectivity index (χ1n) is 9.19. The number of aromatic nitrogens is 2. The molecule has 0 unspecified atom stereocenters. The van der Waals surface area contributed by atoms with Crippen molar-refractivity contribution in [2.45, 2.75) is 13.0 Å². The fourth-order valence-electron chi connectivity index (χ4n) is 3.43. The van der Waals surface area contributed by atoms with Crippen LogP contribution >= 0.6 is 11.6 Å². The molecule has 0 radical (unpaired) electrons. The number of halogens is 1. The Labute approximate surface area is 175 Å². The SMILES string of the molecule is C[C@@H]1CNc2c(oc3ccc4nc(Oc5ccc(C#N)c(Cl)n5)ccc4c23)C(=O)N1. The molecule has 4 heterocycles. The van der Waals surface area contributed by atoms with Crippen molar-refractivity contribution in [3.05, 3.63) is 52.9 Å². The molecule has 1 aliphatic rings. The van der Waals surface area contributed by atoms with E-state index in [1.54, 1.807) is 24.3 Å². The molecule has 5 rings (SSSR count). The lowest BCUT2D eigenvalue weighted by Crippen LogP contribution is -2.34. The number of hydrogen-bond acceptors (Lipinski definition) is 7. The minimum Gasteiger partial charge on any atom is -0.449 e. The molecule has 0 spiro atoms. The van der Waals surface area contributed by atoms with Gasteiger partial charge in [-0.15, -0.1) is 0 Å². The van der Waals surface area contributed by atoms with Gasteiger partial charge in [0.25, 0.3) is 5.91 Å². The predicted molar refractivity (Wildman–Crippen MR) is 111 cm³/mol. The summed E-state index contributed by atoms with van der Waals surface area (Å²) < 4.78 is 11.5. The topological polar surface area (TPSA) is 113 Å². The first kappa shape index (κ1) is 18.2. The second kappa shape index (κ2) is 6.90. The minimum atomic E-state index is -0.247. The van der Waals surface area contributed by atoms with Gasteiger partial charge in [-0.05, 0) is 31.2 Å². The summed E-state index contributed by atoms with van der Waals surface area (Å²) in [4.78, 5) is 21.0. The molecule has 3 aromatic heterocycles. The zero-order valence-corrected chi connectivity index (χ0v) is 16.4. The normalized spacial score (nSPS) is 15.8. The number of carbonyl (C=O) groups excluding carboxylic acids is 1. The fourth-order valence-corrected chi connectivity index (χ4v) is 3.62. The van der Waals surface area contributed by atoms with Gasteiger partial charge in [-0.3, -0.25) is 4.79 Å². The Morgan fingerprint density at radius 3 is 2.80 bits per heavy atom. The van der Waals surface area contributed by atoms with Gasteiger partial charge < -0.3 is 19.8 Å². The first-order valence-corrected chi connectivity index (χ1v) is 9.57. The highest BCUT2D eigenvalue weighted by Gasteiger charge is 2.26. The number of fused-ring (bicyclic) bond motifs is 5. The number of nitriles is 1. The van der Waals surface area contributed by atoms with Crippen molar-refractivity contribution >= 4 is 45.1 Å². The number of nitrogens with zero attached hydrogens (tertiary/aromatic N) is 3. The van der Waals surface area contributed by atoms with Crippen LogP contribution in [0.4, 0.5) is 5.69 Å². The predicted octanol–water partition coefficient (Wildman–Crippen LogP) is 4.24. The van der Waals surface area contributed by atoms with E-state index >= 15 is 0 Å². The summed E-state index contributed by atoms with van der Waals surface area (Å²) in [6, 6.07) is 12.2. The van der Waals surface area contributed by atoms with Gasteiger partial charge in [-0.2, -0.15) is 10.2 Å². The van der Waals surface area contributed by atoms with Gasteiger partial charge in [-0.1, -0.05) is 11.6 Å². The van der Waals surface area contributed by atoms with E-state index in [-0.39, 0.29) is 34.3 Å². The molecule has 30 heavy (non-hydrogen) atoms. The molecule has 1 amide bonds. The zero-order chi connectivity index (χ0) is 20.8. The third kappa shape index (κ3) is 2.96. The molecule has 148 valence electrons. The van der Waals surface area contributed by atoms with Crippen LogP contribution in [0.25, 0.3) is 21.9 Å². The van der Waals surface area contributed by atoms with E-state index in [2.05, 4.69) is 20.6 Å². The van der Waals surface area contributed by atoms with E-state index in [9.17, 15) is 4.79 Å². The third-order valence-corrected chi connectivity index (χ3v) is 5.11. The first-order chi connectivity index (χ1) is 14.5. The molecule has 0 aliphatic carbocycles. The molecule has 1 aromatic carbocycles. The Bertz CT molecular complexity index is 1370. The summed E-state index contributed by atoms with van der Waals surface area (Å²) in [5.41, 5.74) is 2.20. The van der Waals surface area contributed by atoms with E-state index in [1.807, 2.05) is 19.1 Å². The number of nitrogens with one attached hydrogen (secondary N) is 2. The van der Waals surface area contributed by atoms with Crippen LogP contribution in [0.15, 0.2) is 40.8 Å². The smallest absolute Gasteiger partial charge is 0.289 e. The van der Waals surface area contributed by atoms with Crippen LogP contribution in [0.2, 0.25) is 5.15 Å². The van der Waals surface area contributed by atoms with E-state index in [0.29, 0.717) is 29.2 Å². The van der Waals surface area contributed by atoms with E-state index in [4.69, 9.17) is 26.0 Å². The third-order valence-electron chi connectivity index (χ3n) is 4.82. The van der Waals surface area contributed by atoms with E-state index in [1.165, 1.54) is 6.07 Å². The van der Waals surface area contributed by atoms with Crippen LogP contribution in [-0.2, 0) is 0 Å². The Kier molecular flexibility index (Phi) is 4.19. The highest BCUT2D eigenvalue weighted by Crippen LogP contribution is 2.37. The van der Waals surface area contributed by atoms with Crippen LogP contribution in [-0.4, -0.2) is 28.5 Å². The molecule has 0 saturated heterocycles. The molecule has 0 bridgehead atoms. The van der Waals surface area contributed by atoms with Crippen LogP contribution in [0.5, 0.6) is 11.8 Å². The molecule has 1 atom stereocenters. The highest BCUT2D eigenvalue weighted by molar-refractivity contribution is 6.30. The van der Waals surface area contributed by atoms with Gasteiger partial charge in [-0.25, -0.2) is 4.98 Å². The van der Waals surface area contributed by atoms with E-state index < -0.39 is 0 Å². The summed E-state index contributed by atoms with van der Waals surface area (Å²) in [6.07, 6.45) is 0. The minimum absolute atomic E-state index is 0.0185. The highest BCUT2D eigenvalue weighted by atomic mass is 35.5. The number of carbonyl (C=O) groups is 1. The van der Waals surface area contributed by atoms with Crippen LogP contribution < -0.4 is 15.4 Å². The van der Waals surface area contributed by atoms with E-state index in [0.717, 1.165) is 10.8 Å². The van der Waals surface area contributed by atoms with Gasteiger partial charge in [0.05, 0.1) is 22.2 Å². The number of rotatable bonds is 2. The fraction of sp³-hybridized carbons (Fsp3) is 0.143. The van der Waals surface area contributed by atoms with Gasteiger partial charge in [0.1, 0.15) is 11.7 Å². The van der Waals surface area contributed by atoms with Crippen molar-refractivity contribution in [1.82, 2.24) is 15.3 Å². The molecule has 4 aromatic rings. The number of pyridine rings is 2. The quantitative estimate of drug-likeness (QED) is 0.467. The summed E-state index contributed by atoms with van der Waals surface area (Å²) in [5, 5.41) is 16.8. The number of ether oxygens (including phenoxy) is 1. The maximum absolute atomic E-state index is 12.4. The van der Waals surface area contributed by atoms with Crippen LogP contribution in [0, 0.1) is 11.3 Å². The lowest BCUT2D eigenvalue weighted by atomic mass is 10.1. The number of amides is 1. The number of hydrogen-bond donors (Lipinski definition) is 2. The average molecular weight is 420 g/mol. The van der Waals surface area contributed by atoms with Gasteiger partial charge in [0.15, 0.2) is 5.15 Å². The summed E-state index contributed by atoms with van der Waals surface area (Å²) in [6.45, 7) is 2.51. The molecule has 0 saturated carbocycles. The zero-order valence-electron chi connectivity index (χ0n) is 15.7. The molecule has 8 nitrogen and oxygen atoms in total. The monoisotopic (exact) mass is 419 g/mol. The largest absolute Gasteiger partial charge is 0.449 e. The van der Waals surface area contributed by atoms with Crippen molar-refractivity contribution < 1.29 is 13.9 Å². The number of anilines is 1. The number of furan rings is 1. The van der Waals surface area contributed by atoms with Gasteiger partial charge >= 0.3 is 0 Å². The Morgan fingerprint density at radius 1 is 1.20 bits per heavy atom.